The predicted octanol–water partition coefficient (Wildman–Crippen LogP) is 3.65. The molecule has 0 bridgehead atoms. The number of nitrogens with zero attached hydrogens (tertiary/aromatic N) is 1. The minimum atomic E-state index is 0.0606. The Bertz CT molecular complexity index is 689. The molecule has 4 heteroatoms. The topological polar surface area (TPSA) is 41.6 Å². The molecule has 0 aliphatic carbocycles. The van der Waals surface area contributed by atoms with Gasteiger partial charge in [0, 0.05) is 31.7 Å². The maximum absolute atomic E-state index is 12.2. The Balaban J connectivity index is 1.44. The molecule has 2 aromatic carbocycles. The molecular weight excluding hydrogens is 324 g/mol. The second-order valence-corrected chi connectivity index (χ2v) is 6.80. The van der Waals surface area contributed by atoms with E-state index in [-0.39, 0.29) is 5.91 Å². The number of morpholine rings is 1. The zero-order valence-electron chi connectivity index (χ0n) is 15.5. The molecular formula is C22H28N2O2. The van der Waals surface area contributed by atoms with Gasteiger partial charge >= 0.3 is 0 Å². The van der Waals surface area contributed by atoms with Crippen LogP contribution in [-0.4, -0.2) is 37.1 Å². The van der Waals surface area contributed by atoms with E-state index >= 15 is 0 Å². The third-order valence-electron chi connectivity index (χ3n) is 4.82. The number of hydrogen-bond donors (Lipinski definition) is 1. The van der Waals surface area contributed by atoms with Crippen LogP contribution in [0.1, 0.15) is 30.0 Å². The van der Waals surface area contributed by atoms with Gasteiger partial charge in [-0.2, -0.15) is 0 Å². The van der Waals surface area contributed by atoms with Gasteiger partial charge in [-0.3, -0.25) is 9.69 Å². The van der Waals surface area contributed by atoms with Crippen molar-refractivity contribution in [3.63, 3.8) is 0 Å². The number of rotatable bonds is 7. The minimum absolute atomic E-state index is 0.0606. The highest BCUT2D eigenvalue weighted by Gasteiger charge is 2.10. The molecule has 1 fully saturated rings. The van der Waals surface area contributed by atoms with Crippen LogP contribution in [0.2, 0.25) is 0 Å². The summed E-state index contributed by atoms with van der Waals surface area (Å²) < 4.78 is 5.38. The van der Waals surface area contributed by atoms with Crippen molar-refractivity contribution in [2.75, 3.05) is 31.6 Å². The van der Waals surface area contributed by atoms with Gasteiger partial charge in [0.05, 0.1) is 13.2 Å². The van der Waals surface area contributed by atoms with Crippen molar-refractivity contribution in [3.8, 4) is 0 Å². The molecule has 1 aliphatic heterocycles. The minimum Gasteiger partial charge on any atom is -0.379 e. The van der Waals surface area contributed by atoms with E-state index in [9.17, 15) is 4.79 Å². The lowest BCUT2D eigenvalue weighted by molar-refractivity contribution is -0.116. The van der Waals surface area contributed by atoms with Crippen molar-refractivity contribution >= 4 is 11.6 Å². The number of nitrogens with one attached hydrogen (secondary N) is 1. The Morgan fingerprint density at radius 1 is 0.962 bits per heavy atom. The molecule has 1 heterocycles. The lowest BCUT2D eigenvalue weighted by atomic mass is 10.1. The molecule has 26 heavy (non-hydrogen) atoms. The molecule has 1 N–H and O–H groups in total. The van der Waals surface area contributed by atoms with E-state index in [0.717, 1.165) is 51.4 Å². The number of hydrogen-bond acceptors (Lipinski definition) is 3. The lowest BCUT2D eigenvalue weighted by Gasteiger charge is -2.26. The number of ether oxygens (including phenoxy) is 1. The molecule has 0 atom stereocenters. The Hall–Kier alpha value is -2.17. The van der Waals surface area contributed by atoms with Crippen molar-refractivity contribution in [1.29, 1.82) is 0 Å². The van der Waals surface area contributed by atoms with Gasteiger partial charge in [0.15, 0.2) is 0 Å². The third kappa shape index (κ3) is 5.68. The summed E-state index contributed by atoms with van der Waals surface area (Å²) in [6.45, 7) is 6.68. The summed E-state index contributed by atoms with van der Waals surface area (Å²) in [5, 5.41) is 2.99. The monoisotopic (exact) mass is 352 g/mol. The standard InChI is InChI=1S/C22H28N2O2/c1-2-18-3-5-19(6-4-18)9-12-22(25)23-21-10-7-20(8-11-21)17-24-13-15-26-16-14-24/h3-8,10-11H,2,9,12-17H2,1H3,(H,23,25). The zero-order valence-corrected chi connectivity index (χ0v) is 15.5. The third-order valence-corrected chi connectivity index (χ3v) is 4.82. The molecule has 4 nitrogen and oxygen atoms in total. The molecule has 2 aromatic rings. The van der Waals surface area contributed by atoms with Crippen molar-refractivity contribution in [2.24, 2.45) is 0 Å². The van der Waals surface area contributed by atoms with Gasteiger partial charge < -0.3 is 10.1 Å². The quantitative estimate of drug-likeness (QED) is 0.827. The van der Waals surface area contributed by atoms with Gasteiger partial charge in [0.2, 0.25) is 5.91 Å². The van der Waals surface area contributed by atoms with E-state index < -0.39 is 0 Å². The summed E-state index contributed by atoms with van der Waals surface area (Å²) in [7, 11) is 0. The molecule has 0 spiro atoms. The van der Waals surface area contributed by atoms with Crippen LogP contribution in [0.3, 0.4) is 0 Å². The van der Waals surface area contributed by atoms with Crippen LogP contribution < -0.4 is 5.32 Å². The normalized spacial score (nSPS) is 15.0. The van der Waals surface area contributed by atoms with Gasteiger partial charge in [-0.05, 0) is 41.7 Å². The number of amides is 1. The fourth-order valence-corrected chi connectivity index (χ4v) is 3.13. The highest BCUT2D eigenvalue weighted by molar-refractivity contribution is 5.90. The van der Waals surface area contributed by atoms with Crippen molar-refractivity contribution in [1.82, 2.24) is 4.90 Å². The van der Waals surface area contributed by atoms with Crippen LogP contribution in [0.25, 0.3) is 0 Å². The highest BCUT2D eigenvalue weighted by Crippen LogP contribution is 2.14. The van der Waals surface area contributed by atoms with E-state index in [2.05, 4.69) is 53.5 Å². The molecule has 0 saturated carbocycles. The molecule has 1 aliphatic rings. The number of carbonyl (C=O) groups is 1. The summed E-state index contributed by atoms with van der Waals surface area (Å²) in [6, 6.07) is 16.7. The smallest absolute Gasteiger partial charge is 0.224 e. The first-order valence-corrected chi connectivity index (χ1v) is 9.49. The van der Waals surface area contributed by atoms with Crippen molar-refractivity contribution in [3.05, 3.63) is 65.2 Å². The van der Waals surface area contributed by atoms with Gasteiger partial charge in [-0.25, -0.2) is 0 Å². The SMILES string of the molecule is CCc1ccc(CCC(=O)Nc2ccc(CN3CCOCC3)cc2)cc1. The van der Waals surface area contributed by atoms with E-state index in [1.807, 2.05) is 12.1 Å². The summed E-state index contributed by atoms with van der Waals surface area (Å²) >= 11 is 0. The van der Waals surface area contributed by atoms with Crippen LogP contribution in [0.15, 0.2) is 48.5 Å². The summed E-state index contributed by atoms with van der Waals surface area (Å²) in [6.07, 6.45) is 2.31. The number of anilines is 1. The van der Waals surface area contributed by atoms with Gasteiger partial charge in [-0.1, -0.05) is 43.3 Å². The van der Waals surface area contributed by atoms with Crippen LogP contribution in [0.5, 0.6) is 0 Å². The second-order valence-electron chi connectivity index (χ2n) is 6.80. The number of benzene rings is 2. The Kier molecular flexibility index (Phi) is 6.81. The zero-order chi connectivity index (χ0) is 18.2. The van der Waals surface area contributed by atoms with E-state index in [0.29, 0.717) is 6.42 Å². The Labute approximate surface area is 156 Å². The van der Waals surface area contributed by atoms with E-state index in [1.165, 1.54) is 16.7 Å². The van der Waals surface area contributed by atoms with Crippen LogP contribution in [-0.2, 0) is 28.9 Å². The molecule has 3 rings (SSSR count). The molecule has 0 radical (unpaired) electrons. The second kappa shape index (κ2) is 9.51. The fraction of sp³-hybridized carbons (Fsp3) is 0.409. The van der Waals surface area contributed by atoms with Crippen LogP contribution in [0.4, 0.5) is 5.69 Å². The summed E-state index contributed by atoms with van der Waals surface area (Å²) in [4.78, 5) is 14.6. The van der Waals surface area contributed by atoms with Crippen LogP contribution in [0, 0.1) is 0 Å². The van der Waals surface area contributed by atoms with Gasteiger partial charge in [0.25, 0.3) is 0 Å². The van der Waals surface area contributed by atoms with Crippen molar-refractivity contribution < 1.29 is 9.53 Å². The molecule has 1 saturated heterocycles. The van der Waals surface area contributed by atoms with Crippen LogP contribution >= 0.6 is 0 Å². The number of carbonyl (C=O) groups excluding carboxylic acids is 1. The summed E-state index contributed by atoms with van der Waals surface area (Å²) in [5.41, 5.74) is 4.66. The van der Waals surface area contributed by atoms with Gasteiger partial charge in [-0.15, -0.1) is 0 Å². The highest BCUT2D eigenvalue weighted by atomic mass is 16.5. The maximum atomic E-state index is 12.2. The average Bonchev–Trinajstić information content (AvgIpc) is 2.69. The number of aryl methyl sites for hydroxylation is 2. The molecule has 138 valence electrons. The summed E-state index contributed by atoms with van der Waals surface area (Å²) in [5.74, 6) is 0.0606. The first-order valence-electron chi connectivity index (χ1n) is 9.49. The largest absolute Gasteiger partial charge is 0.379 e. The molecule has 0 unspecified atom stereocenters. The van der Waals surface area contributed by atoms with E-state index in [1.54, 1.807) is 0 Å². The van der Waals surface area contributed by atoms with Gasteiger partial charge in [0.1, 0.15) is 0 Å². The predicted molar refractivity (Wildman–Crippen MR) is 105 cm³/mol. The molecule has 0 aromatic heterocycles. The van der Waals surface area contributed by atoms with E-state index in [4.69, 9.17) is 4.74 Å². The fourth-order valence-electron chi connectivity index (χ4n) is 3.13. The Morgan fingerprint density at radius 2 is 1.58 bits per heavy atom. The molecule has 1 amide bonds. The lowest BCUT2D eigenvalue weighted by Crippen LogP contribution is -2.35. The first kappa shape index (κ1) is 18.6. The first-order chi connectivity index (χ1) is 12.7. The van der Waals surface area contributed by atoms with Crippen molar-refractivity contribution in [2.45, 2.75) is 32.7 Å². The average molecular weight is 352 g/mol. The maximum Gasteiger partial charge on any atom is 0.224 e. The Morgan fingerprint density at radius 3 is 2.23 bits per heavy atom.